The number of aryl methyl sites for hydroxylation is 1. The van der Waals surface area contributed by atoms with E-state index in [1.807, 2.05) is 0 Å². The molecular formula is C20H18N2O6. The molecule has 0 atom stereocenters. The number of aromatic hydroxyl groups is 2. The smallest absolute Gasteiger partial charge is 0.333 e. The first-order chi connectivity index (χ1) is 13.4. The number of phenolic OH excluding ortho intramolecular Hbond substituents is 2. The number of carbonyl (C=O) groups is 3. The van der Waals surface area contributed by atoms with Gasteiger partial charge in [-0.3, -0.25) is 14.6 Å². The van der Waals surface area contributed by atoms with Crippen molar-refractivity contribution >= 4 is 29.7 Å². The zero-order valence-corrected chi connectivity index (χ0v) is 14.9. The fourth-order valence-electron chi connectivity index (χ4n) is 2.63. The minimum atomic E-state index is -0.693. The largest absolute Gasteiger partial charge is 0.507 e. The minimum absolute atomic E-state index is 0.00115. The summed E-state index contributed by atoms with van der Waals surface area (Å²) in [5, 5.41) is 20.2. The molecule has 28 heavy (non-hydrogen) atoms. The molecule has 8 nitrogen and oxygen atoms in total. The number of rotatable bonds is 6. The fraction of sp³-hybridized carbons (Fsp3) is 0.200. The standard InChI is InChI=1S/C20H18N2O6/c23-16-7-5-13(6-10-20(27)28-22-18(25)8-9-19(22)26)11-14(16)12-21-15-3-1-2-4-17(15)24/h1-5,7,11-12,23-24H,6,8-10H2/b21-12+. The lowest BCUT2D eigenvalue weighted by Gasteiger charge is -2.12. The number of amides is 2. The number of benzene rings is 2. The van der Waals surface area contributed by atoms with Gasteiger partial charge in [0.05, 0.1) is 6.42 Å². The molecule has 0 aromatic heterocycles. The van der Waals surface area contributed by atoms with Crippen LogP contribution in [0.4, 0.5) is 5.69 Å². The van der Waals surface area contributed by atoms with Crippen LogP contribution in [0, 0.1) is 0 Å². The van der Waals surface area contributed by atoms with E-state index in [0.29, 0.717) is 16.3 Å². The average molecular weight is 382 g/mol. The number of phenols is 2. The Morgan fingerprint density at radius 1 is 1.07 bits per heavy atom. The van der Waals surface area contributed by atoms with Crippen molar-refractivity contribution < 1.29 is 29.4 Å². The van der Waals surface area contributed by atoms with Gasteiger partial charge in [0.1, 0.15) is 17.2 Å². The van der Waals surface area contributed by atoms with Gasteiger partial charge in [0.15, 0.2) is 0 Å². The number of carbonyl (C=O) groups excluding carboxylic acids is 3. The summed E-state index contributed by atoms with van der Waals surface area (Å²) < 4.78 is 0. The molecule has 3 rings (SSSR count). The van der Waals surface area contributed by atoms with Crippen LogP contribution in [0.5, 0.6) is 11.5 Å². The molecule has 1 heterocycles. The van der Waals surface area contributed by atoms with Crippen LogP contribution < -0.4 is 0 Å². The molecule has 1 fully saturated rings. The predicted molar refractivity (Wildman–Crippen MR) is 99.0 cm³/mol. The highest BCUT2D eigenvalue weighted by molar-refractivity contribution is 6.01. The third kappa shape index (κ3) is 4.53. The zero-order chi connectivity index (χ0) is 20.1. The molecule has 0 saturated carbocycles. The molecule has 0 unspecified atom stereocenters. The number of hydrogen-bond acceptors (Lipinski definition) is 7. The predicted octanol–water partition coefficient (Wildman–Crippen LogP) is 2.39. The monoisotopic (exact) mass is 382 g/mol. The van der Waals surface area contributed by atoms with E-state index in [-0.39, 0.29) is 37.2 Å². The van der Waals surface area contributed by atoms with Crippen molar-refractivity contribution in [3.05, 3.63) is 53.6 Å². The number of hydrogen-bond donors (Lipinski definition) is 2. The zero-order valence-electron chi connectivity index (χ0n) is 14.9. The van der Waals surface area contributed by atoms with Crippen molar-refractivity contribution in [1.29, 1.82) is 0 Å². The summed E-state index contributed by atoms with van der Waals surface area (Å²) in [6.45, 7) is 0. The van der Waals surface area contributed by atoms with Gasteiger partial charge in [0.25, 0.3) is 11.8 Å². The van der Waals surface area contributed by atoms with Crippen LogP contribution in [0.25, 0.3) is 0 Å². The van der Waals surface area contributed by atoms with Gasteiger partial charge in [-0.25, -0.2) is 4.79 Å². The van der Waals surface area contributed by atoms with E-state index in [4.69, 9.17) is 4.84 Å². The Labute approximate surface area is 160 Å². The topological polar surface area (TPSA) is 116 Å². The lowest BCUT2D eigenvalue weighted by Crippen LogP contribution is -2.32. The van der Waals surface area contributed by atoms with Gasteiger partial charge in [0.2, 0.25) is 0 Å². The second kappa shape index (κ2) is 8.34. The van der Waals surface area contributed by atoms with Gasteiger partial charge in [-0.05, 0) is 36.2 Å². The highest BCUT2D eigenvalue weighted by Crippen LogP contribution is 2.26. The lowest BCUT2D eigenvalue weighted by molar-refractivity contribution is -0.197. The Morgan fingerprint density at radius 3 is 2.50 bits per heavy atom. The van der Waals surface area contributed by atoms with Crippen LogP contribution >= 0.6 is 0 Å². The average Bonchev–Trinajstić information content (AvgIpc) is 2.99. The molecule has 0 aliphatic carbocycles. The molecule has 0 radical (unpaired) electrons. The highest BCUT2D eigenvalue weighted by Gasteiger charge is 2.32. The maximum Gasteiger partial charge on any atom is 0.333 e. The van der Waals surface area contributed by atoms with Crippen molar-refractivity contribution in [2.75, 3.05) is 0 Å². The van der Waals surface area contributed by atoms with E-state index in [0.717, 1.165) is 5.56 Å². The molecule has 0 bridgehead atoms. The summed E-state index contributed by atoms with van der Waals surface area (Å²) in [5.41, 5.74) is 1.50. The molecule has 2 amide bonds. The number of hydroxylamine groups is 2. The van der Waals surface area contributed by atoms with E-state index >= 15 is 0 Å². The van der Waals surface area contributed by atoms with Crippen molar-refractivity contribution in [3.63, 3.8) is 0 Å². The Hall–Kier alpha value is -3.68. The van der Waals surface area contributed by atoms with Crippen LogP contribution in [0.3, 0.4) is 0 Å². The van der Waals surface area contributed by atoms with Crippen molar-refractivity contribution in [1.82, 2.24) is 5.06 Å². The molecule has 1 saturated heterocycles. The summed E-state index contributed by atoms with van der Waals surface area (Å²) in [6, 6.07) is 11.3. The number of nitrogens with zero attached hydrogens (tertiary/aromatic N) is 2. The Kier molecular flexibility index (Phi) is 5.69. The van der Waals surface area contributed by atoms with Crippen LogP contribution in [-0.4, -0.2) is 39.3 Å². The van der Waals surface area contributed by atoms with E-state index in [9.17, 15) is 24.6 Å². The Balaban J connectivity index is 1.63. The molecule has 2 N–H and O–H groups in total. The molecule has 144 valence electrons. The normalized spacial score (nSPS) is 14.1. The summed E-state index contributed by atoms with van der Waals surface area (Å²) in [5.74, 6) is -1.72. The Bertz CT molecular complexity index is 937. The number of para-hydroxylation sites is 2. The third-order valence-corrected chi connectivity index (χ3v) is 4.13. The molecule has 2 aromatic carbocycles. The van der Waals surface area contributed by atoms with Gasteiger partial charge < -0.3 is 15.1 Å². The SMILES string of the molecule is O=C(CCc1ccc(O)c(/C=N/c2ccccc2O)c1)ON1C(=O)CCC1=O. The van der Waals surface area contributed by atoms with Crippen molar-refractivity contribution in [2.45, 2.75) is 25.7 Å². The highest BCUT2D eigenvalue weighted by atomic mass is 16.7. The van der Waals surface area contributed by atoms with E-state index < -0.39 is 17.8 Å². The van der Waals surface area contributed by atoms with Gasteiger partial charge in [-0.2, -0.15) is 0 Å². The number of imide groups is 1. The summed E-state index contributed by atoms with van der Waals surface area (Å²) >= 11 is 0. The van der Waals surface area contributed by atoms with Crippen molar-refractivity contribution in [3.8, 4) is 11.5 Å². The van der Waals surface area contributed by atoms with Gasteiger partial charge in [-0.15, -0.1) is 5.06 Å². The first-order valence-electron chi connectivity index (χ1n) is 8.64. The Morgan fingerprint density at radius 2 is 1.79 bits per heavy atom. The molecular weight excluding hydrogens is 364 g/mol. The molecule has 1 aliphatic rings. The van der Waals surface area contributed by atoms with Crippen LogP contribution in [0.1, 0.15) is 30.4 Å². The van der Waals surface area contributed by atoms with Crippen LogP contribution in [0.2, 0.25) is 0 Å². The minimum Gasteiger partial charge on any atom is -0.507 e. The molecule has 2 aromatic rings. The second-order valence-electron chi connectivity index (χ2n) is 6.19. The maximum atomic E-state index is 11.9. The van der Waals surface area contributed by atoms with Gasteiger partial charge in [0, 0.05) is 24.6 Å². The number of aliphatic imine (C=N–C) groups is 1. The van der Waals surface area contributed by atoms with Gasteiger partial charge in [-0.1, -0.05) is 18.2 Å². The first kappa shape index (κ1) is 19.1. The third-order valence-electron chi connectivity index (χ3n) is 4.13. The summed E-state index contributed by atoms with van der Waals surface area (Å²) in [7, 11) is 0. The van der Waals surface area contributed by atoms with E-state index in [2.05, 4.69) is 4.99 Å². The molecule has 8 heteroatoms. The van der Waals surface area contributed by atoms with Gasteiger partial charge >= 0.3 is 5.97 Å². The van der Waals surface area contributed by atoms with Crippen LogP contribution in [-0.2, 0) is 25.6 Å². The van der Waals surface area contributed by atoms with E-state index in [1.165, 1.54) is 18.3 Å². The summed E-state index contributed by atoms with van der Waals surface area (Å²) in [6.07, 6.45) is 1.74. The molecule has 0 spiro atoms. The van der Waals surface area contributed by atoms with Crippen molar-refractivity contribution in [2.24, 2.45) is 4.99 Å². The van der Waals surface area contributed by atoms with E-state index in [1.54, 1.807) is 30.3 Å². The maximum absolute atomic E-state index is 11.9. The lowest BCUT2D eigenvalue weighted by atomic mass is 10.1. The quantitative estimate of drug-likeness (QED) is 0.585. The fourth-order valence-corrected chi connectivity index (χ4v) is 2.63. The second-order valence-corrected chi connectivity index (χ2v) is 6.19. The molecule has 1 aliphatic heterocycles. The first-order valence-corrected chi connectivity index (χ1v) is 8.64. The van der Waals surface area contributed by atoms with Crippen LogP contribution in [0.15, 0.2) is 47.5 Å². The summed E-state index contributed by atoms with van der Waals surface area (Å²) in [4.78, 5) is 43.8.